The standard InChI is InChI=1S/C12H11N.C6H7BO2.C6H6BrN/c1-10-7-8-12(13-9-10)11-5-3-2-4-6-11;8-7(9)6-4-2-1-3-5-6;1-5-2-3-6(7)8-4-5/h2-9H,1H3;1-5,8-9H;2-4H,1H3. The molecule has 2 heterocycles. The average Bonchev–Trinajstić information content (AvgIpc) is 2.78. The number of pyridine rings is 2. The quantitative estimate of drug-likeness (QED) is 0.338. The zero-order chi connectivity index (χ0) is 21.8. The van der Waals surface area contributed by atoms with Gasteiger partial charge in [-0.1, -0.05) is 72.8 Å². The molecule has 4 nitrogen and oxygen atoms in total. The molecule has 4 aromatic rings. The summed E-state index contributed by atoms with van der Waals surface area (Å²) in [5, 5.41) is 17.2. The third-order valence-electron chi connectivity index (χ3n) is 3.95. The smallest absolute Gasteiger partial charge is 0.423 e. The third kappa shape index (κ3) is 8.70. The Morgan fingerprint density at radius 1 is 0.667 bits per heavy atom. The topological polar surface area (TPSA) is 66.2 Å². The first-order valence-corrected chi connectivity index (χ1v) is 10.2. The molecule has 6 heteroatoms. The minimum absolute atomic E-state index is 0.525. The number of halogens is 1. The predicted molar refractivity (Wildman–Crippen MR) is 127 cm³/mol. The summed E-state index contributed by atoms with van der Waals surface area (Å²) in [5.41, 5.74) is 5.11. The van der Waals surface area contributed by atoms with E-state index in [9.17, 15) is 0 Å². The van der Waals surface area contributed by atoms with E-state index in [1.807, 2.05) is 68.7 Å². The summed E-state index contributed by atoms with van der Waals surface area (Å²) in [6, 6.07) is 26.9. The summed E-state index contributed by atoms with van der Waals surface area (Å²) in [4.78, 5) is 8.34. The fourth-order valence-electron chi connectivity index (χ4n) is 2.32. The zero-order valence-corrected chi connectivity index (χ0v) is 18.6. The molecular weight excluding hydrogens is 439 g/mol. The summed E-state index contributed by atoms with van der Waals surface area (Å²) in [7, 11) is -1.34. The van der Waals surface area contributed by atoms with E-state index in [0.29, 0.717) is 5.46 Å². The van der Waals surface area contributed by atoms with Gasteiger partial charge in [-0.05, 0) is 58.5 Å². The Labute approximate surface area is 186 Å². The molecule has 0 saturated carbocycles. The Kier molecular flexibility index (Phi) is 9.94. The lowest BCUT2D eigenvalue weighted by Gasteiger charge is -1.99. The minimum atomic E-state index is -1.34. The van der Waals surface area contributed by atoms with E-state index in [4.69, 9.17) is 10.0 Å². The molecule has 0 spiro atoms. The summed E-state index contributed by atoms with van der Waals surface area (Å²) in [6.45, 7) is 4.06. The van der Waals surface area contributed by atoms with Crippen molar-refractivity contribution in [2.75, 3.05) is 0 Å². The van der Waals surface area contributed by atoms with Gasteiger partial charge in [-0.15, -0.1) is 0 Å². The van der Waals surface area contributed by atoms with Gasteiger partial charge in [0.05, 0.1) is 5.69 Å². The van der Waals surface area contributed by atoms with E-state index in [1.54, 1.807) is 24.3 Å². The fraction of sp³-hybridized carbons (Fsp3) is 0.0833. The molecule has 2 N–H and O–H groups in total. The SMILES string of the molecule is Cc1ccc(-c2ccccc2)nc1.Cc1ccc(Br)nc1.OB(O)c1ccccc1. The normalized spacial score (nSPS) is 9.50. The molecule has 0 aliphatic carbocycles. The van der Waals surface area contributed by atoms with E-state index >= 15 is 0 Å². The van der Waals surface area contributed by atoms with Crippen LogP contribution in [0.4, 0.5) is 0 Å². The molecule has 0 amide bonds. The lowest BCUT2D eigenvalue weighted by atomic mass is 9.81. The molecular formula is C24H24BBrN2O2. The maximum Gasteiger partial charge on any atom is 0.488 e. The minimum Gasteiger partial charge on any atom is -0.423 e. The van der Waals surface area contributed by atoms with Crippen molar-refractivity contribution in [3.63, 3.8) is 0 Å². The second-order valence-corrected chi connectivity index (χ2v) is 7.34. The van der Waals surface area contributed by atoms with E-state index in [-0.39, 0.29) is 0 Å². The monoisotopic (exact) mass is 462 g/mol. The molecule has 0 bridgehead atoms. The molecule has 0 unspecified atom stereocenters. The number of aryl methyl sites for hydroxylation is 2. The Hall–Kier alpha value is -2.80. The Morgan fingerprint density at radius 3 is 1.60 bits per heavy atom. The van der Waals surface area contributed by atoms with Crippen LogP contribution >= 0.6 is 15.9 Å². The Bertz CT molecular complexity index is 960. The van der Waals surface area contributed by atoms with Gasteiger partial charge in [-0.25, -0.2) is 4.98 Å². The van der Waals surface area contributed by atoms with Crippen molar-refractivity contribution in [2.45, 2.75) is 13.8 Å². The first-order chi connectivity index (χ1) is 14.5. The highest BCUT2D eigenvalue weighted by atomic mass is 79.9. The van der Waals surface area contributed by atoms with Crippen molar-refractivity contribution >= 4 is 28.5 Å². The molecule has 30 heavy (non-hydrogen) atoms. The van der Waals surface area contributed by atoms with Crippen LogP contribution in [0.1, 0.15) is 11.1 Å². The van der Waals surface area contributed by atoms with Crippen LogP contribution in [0.2, 0.25) is 0 Å². The van der Waals surface area contributed by atoms with Gasteiger partial charge in [0.1, 0.15) is 4.60 Å². The summed E-state index contributed by atoms with van der Waals surface area (Å²) in [6.07, 6.45) is 3.71. The van der Waals surface area contributed by atoms with Crippen molar-refractivity contribution in [1.29, 1.82) is 0 Å². The number of nitrogens with zero attached hydrogens (tertiary/aromatic N) is 2. The highest BCUT2D eigenvalue weighted by molar-refractivity contribution is 9.10. The van der Waals surface area contributed by atoms with Crippen molar-refractivity contribution in [3.8, 4) is 11.3 Å². The zero-order valence-electron chi connectivity index (χ0n) is 17.0. The van der Waals surface area contributed by atoms with Crippen LogP contribution in [0.25, 0.3) is 11.3 Å². The molecule has 0 fully saturated rings. The maximum absolute atomic E-state index is 8.58. The fourth-order valence-corrected chi connectivity index (χ4v) is 2.56. The number of benzene rings is 2. The molecule has 4 rings (SSSR count). The van der Waals surface area contributed by atoms with Gasteiger partial charge >= 0.3 is 7.12 Å². The number of hydrogen-bond acceptors (Lipinski definition) is 4. The van der Waals surface area contributed by atoms with Gasteiger partial charge in [-0.2, -0.15) is 0 Å². The van der Waals surface area contributed by atoms with Crippen molar-refractivity contribution in [2.24, 2.45) is 0 Å². The molecule has 2 aromatic carbocycles. The van der Waals surface area contributed by atoms with E-state index in [1.165, 1.54) is 16.7 Å². The van der Waals surface area contributed by atoms with E-state index in [0.717, 1.165) is 10.3 Å². The summed E-state index contributed by atoms with van der Waals surface area (Å²) >= 11 is 3.23. The number of aromatic nitrogens is 2. The third-order valence-corrected chi connectivity index (χ3v) is 4.42. The highest BCUT2D eigenvalue weighted by Gasteiger charge is 2.07. The lowest BCUT2D eigenvalue weighted by molar-refractivity contribution is 0.426. The van der Waals surface area contributed by atoms with E-state index < -0.39 is 7.12 Å². The van der Waals surface area contributed by atoms with Crippen LogP contribution in [0.3, 0.4) is 0 Å². The van der Waals surface area contributed by atoms with E-state index in [2.05, 4.69) is 44.1 Å². The Balaban J connectivity index is 0.000000167. The second kappa shape index (κ2) is 12.7. The van der Waals surface area contributed by atoms with Gasteiger partial charge in [0, 0.05) is 18.0 Å². The molecule has 0 aliphatic heterocycles. The second-order valence-electron chi connectivity index (χ2n) is 6.53. The molecule has 0 atom stereocenters. The van der Waals surface area contributed by atoms with Crippen LogP contribution in [0.5, 0.6) is 0 Å². The molecule has 0 saturated heterocycles. The van der Waals surface area contributed by atoms with Crippen LogP contribution in [-0.2, 0) is 0 Å². The van der Waals surface area contributed by atoms with Crippen LogP contribution < -0.4 is 5.46 Å². The first kappa shape index (κ1) is 23.5. The van der Waals surface area contributed by atoms with Crippen LogP contribution in [0.15, 0.2) is 102 Å². The average molecular weight is 463 g/mol. The van der Waals surface area contributed by atoms with Gasteiger partial charge in [0.15, 0.2) is 0 Å². The van der Waals surface area contributed by atoms with Gasteiger partial charge < -0.3 is 10.0 Å². The van der Waals surface area contributed by atoms with Crippen molar-refractivity contribution < 1.29 is 10.0 Å². The van der Waals surface area contributed by atoms with Crippen molar-refractivity contribution in [1.82, 2.24) is 9.97 Å². The van der Waals surface area contributed by atoms with Gasteiger partial charge in [0.25, 0.3) is 0 Å². The lowest BCUT2D eigenvalue weighted by Crippen LogP contribution is -2.29. The highest BCUT2D eigenvalue weighted by Crippen LogP contribution is 2.15. The molecule has 152 valence electrons. The molecule has 0 radical (unpaired) electrons. The molecule has 0 aliphatic rings. The first-order valence-electron chi connectivity index (χ1n) is 9.43. The van der Waals surface area contributed by atoms with Gasteiger partial charge in [-0.3, -0.25) is 4.98 Å². The summed E-state index contributed by atoms with van der Waals surface area (Å²) < 4.78 is 0.892. The number of hydrogen-bond donors (Lipinski definition) is 2. The largest absolute Gasteiger partial charge is 0.488 e. The Morgan fingerprint density at radius 2 is 1.20 bits per heavy atom. The predicted octanol–water partition coefficient (Wildman–Crippen LogP) is 4.58. The maximum atomic E-state index is 8.58. The van der Waals surface area contributed by atoms with Crippen LogP contribution in [0, 0.1) is 13.8 Å². The van der Waals surface area contributed by atoms with Gasteiger partial charge in [0.2, 0.25) is 0 Å². The van der Waals surface area contributed by atoms with Crippen molar-refractivity contribution in [3.05, 3.63) is 113 Å². The summed E-state index contributed by atoms with van der Waals surface area (Å²) in [5.74, 6) is 0. The van der Waals surface area contributed by atoms with Crippen LogP contribution in [-0.4, -0.2) is 27.1 Å². The number of rotatable bonds is 2. The molecule has 2 aromatic heterocycles.